The average molecular weight is 402 g/mol. The van der Waals surface area contributed by atoms with Crippen molar-refractivity contribution in [3.05, 3.63) is 27.8 Å². The van der Waals surface area contributed by atoms with Crippen molar-refractivity contribution in [2.75, 3.05) is 23.7 Å². The fraction of sp³-hybridized carbons (Fsp3) is 0.667. The molecule has 0 saturated heterocycles. The number of rotatable bonds is 7. The van der Waals surface area contributed by atoms with Crippen LogP contribution in [0.5, 0.6) is 0 Å². The fourth-order valence-electron chi connectivity index (χ4n) is 4.45. The van der Waals surface area contributed by atoms with Crippen LogP contribution in [0.25, 0.3) is 0 Å². The Balaban J connectivity index is 1.80. The number of nitrogens with one attached hydrogen (secondary N) is 2. The predicted octanol–water partition coefficient (Wildman–Crippen LogP) is 3.68. The van der Waals surface area contributed by atoms with E-state index in [0.717, 1.165) is 51.4 Å². The van der Waals surface area contributed by atoms with E-state index in [1.807, 2.05) is 6.07 Å². The van der Waals surface area contributed by atoms with Crippen molar-refractivity contribution in [2.24, 2.45) is 0 Å². The molecule has 0 aliphatic heterocycles. The van der Waals surface area contributed by atoms with E-state index in [4.69, 9.17) is 0 Å². The molecule has 0 spiro atoms. The molecule has 0 amide bonds. The van der Waals surface area contributed by atoms with Crippen molar-refractivity contribution in [1.29, 1.82) is 5.26 Å². The Bertz CT molecular complexity index is 778. The number of nitrogens with zero attached hydrogens (tertiary/aromatic N) is 2. The van der Waals surface area contributed by atoms with Crippen LogP contribution < -0.4 is 10.6 Å². The van der Waals surface area contributed by atoms with Gasteiger partial charge in [0.15, 0.2) is 0 Å². The SMILES string of the molecule is N#Cc1cc(NCC2(O)CCCCC2)cc(NCC2(O)CCCCC2)c1[N+](=O)[O-]. The Labute approximate surface area is 171 Å². The molecule has 0 aromatic heterocycles. The Kier molecular flexibility index (Phi) is 6.60. The van der Waals surface area contributed by atoms with Crippen molar-refractivity contribution in [2.45, 2.75) is 75.4 Å². The number of anilines is 2. The highest BCUT2D eigenvalue weighted by Gasteiger charge is 2.32. The zero-order valence-electron chi connectivity index (χ0n) is 16.7. The third-order valence-electron chi connectivity index (χ3n) is 6.21. The third kappa shape index (κ3) is 5.37. The Morgan fingerprint density at radius 1 is 0.966 bits per heavy atom. The minimum Gasteiger partial charge on any atom is -0.388 e. The van der Waals surface area contributed by atoms with Crippen LogP contribution in [0.2, 0.25) is 0 Å². The molecular formula is C21H30N4O4. The maximum atomic E-state index is 11.6. The van der Waals surface area contributed by atoms with Gasteiger partial charge in [0.25, 0.3) is 0 Å². The van der Waals surface area contributed by atoms with Gasteiger partial charge in [0, 0.05) is 18.8 Å². The summed E-state index contributed by atoms with van der Waals surface area (Å²) in [5.74, 6) is 0. The van der Waals surface area contributed by atoms with Gasteiger partial charge in [0.1, 0.15) is 17.3 Å². The summed E-state index contributed by atoms with van der Waals surface area (Å²) >= 11 is 0. The lowest BCUT2D eigenvalue weighted by Gasteiger charge is -2.33. The molecule has 0 bridgehead atoms. The number of hydrogen-bond acceptors (Lipinski definition) is 7. The number of benzene rings is 1. The lowest BCUT2D eigenvalue weighted by Crippen LogP contribution is -2.39. The van der Waals surface area contributed by atoms with Crippen molar-refractivity contribution >= 4 is 17.1 Å². The number of nitriles is 1. The maximum Gasteiger partial charge on any atom is 0.310 e. The maximum absolute atomic E-state index is 11.6. The molecule has 2 aliphatic carbocycles. The van der Waals surface area contributed by atoms with Crippen LogP contribution in [0.1, 0.15) is 69.8 Å². The third-order valence-corrected chi connectivity index (χ3v) is 6.21. The van der Waals surface area contributed by atoms with Crippen molar-refractivity contribution in [3.8, 4) is 6.07 Å². The van der Waals surface area contributed by atoms with Crippen LogP contribution >= 0.6 is 0 Å². The predicted molar refractivity (Wildman–Crippen MR) is 111 cm³/mol. The van der Waals surface area contributed by atoms with Crippen LogP contribution in [0.3, 0.4) is 0 Å². The van der Waals surface area contributed by atoms with Crippen LogP contribution in [-0.4, -0.2) is 39.4 Å². The summed E-state index contributed by atoms with van der Waals surface area (Å²) in [6, 6.07) is 4.95. The van der Waals surface area contributed by atoms with Crippen molar-refractivity contribution in [1.82, 2.24) is 0 Å². The van der Waals surface area contributed by atoms with Gasteiger partial charge < -0.3 is 20.8 Å². The molecule has 158 valence electrons. The highest BCUT2D eigenvalue weighted by atomic mass is 16.6. The summed E-state index contributed by atoms with van der Waals surface area (Å²) in [5.41, 5.74) is -1.25. The van der Waals surface area contributed by atoms with E-state index in [0.29, 0.717) is 25.1 Å². The quantitative estimate of drug-likeness (QED) is 0.404. The van der Waals surface area contributed by atoms with Gasteiger partial charge in [0.05, 0.1) is 16.1 Å². The summed E-state index contributed by atoms with van der Waals surface area (Å²) < 4.78 is 0. The smallest absolute Gasteiger partial charge is 0.310 e. The largest absolute Gasteiger partial charge is 0.388 e. The molecule has 0 unspecified atom stereocenters. The van der Waals surface area contributed by atoms with E-state index in [1.165, 1.54) is 6.07 Å². The van der Waals surface area contributed by atoms with E-state index >= 15 is 0 Å². The van der Waals surface area contributed by atoms with Gasteiger partial charge in [-0.25, -0.2) is 0 Å². The van der Waals surface area contributed by atoms with Crippen LogP contribution in [-0.2, 0) is 0 Å². The fourth-order valence-corrected chi connectivity index (χ4v) is 4.45. The van der Waals surface area contributed by atoms with Gasteiger partial charge in [-0.2, -0.15) is 5.26 Å². The number of nitro groups is 1. The average Bonchev–Trinajstić information content (AvgIpc) is 2.71. The Morgan fingerprint density at radius 3 is 1.97 bits per heavy atom. The van der Waals surface area contributed by atoms with E-state index < -0.39 is 16.1 Å². The second kappa shape index (κ2) is 8.97. The van der Waals surface area contributed by atoms with Crippen LogP contribution in [0, 0.1) is 21.4 Å². The Morgan fingerprint density at radius 2 is 1.48 bits per heavy atom. The summed E-state index contributed by atoms with van der Waals surface area (Å²) in [7, 11) is 0. The Hall–Kier alpha value is -2.37. The van der Waals surface area contributed by atoms with Gasteiger partial charge in [-0.05, 0) is 37.8 Å². The summed E-state index contributed by atoms with van der Waals surface area (Å²) in [6.07, 6.45) is 8.79. The van der Waals surface area contributed by atoms with E-state index in [2.05, 4.69) is 10.6 Å². The van der Waals surface area contributed by atoms with Crippen molar-refractivity contribution < 1.29 is 15.1 Å². The summed E-state index contributed by atoms with van der Waals surface area (Å²) in [4.78, 5) is 11.0. The van der Waals surface area contributed by atoms with Crippen molar-refractivity contribution in [3.63, 3.8) is 0 Å². The molecule has 2 fully saturated rings. The monoisotopic (exact) mass is 402 g/mol. The van der Waals surface area contributed by atoms with Gasteiger partial charge in [-0.3, -0.25) is 10.1 Å². The van der Waals surface area contributed by atoms with E-state index in [-0.39, 0.29) is 23.5 Å². The normalized spacial score (nSPS) is 20.4. The zero-order chi connectivity index (χ0) is 20.9. The highest BCUT2D eigenvalue weighted by molar-refractivity contribution is 5.75. The number of nitro benzene ring substituents is 1. The summed E-state index contributed by atoms with van der Waals surface area (Å²) in [5, 5.41) is 48.6. The molecule has 0 atom stereocenters. The number of aliphatic hydroxyl groups is 2. The first kappa shape index (κ1) is 21.3. The molecule has 1 aromatic rings. The van der Waals surface area contributed by atoms with E-state index in [1.54, 1.807) is 6.07 Å². The first-order valence-corrected chi connectivity index (χ1v) is 10.5. The molecule has 8 heteroatoms. The molecule has 3 rings (SSSR count). The first-order chi connectivity index (χ1) is 13.8. The van der Waals surface area contributed by atoms with Crippen LogP contribution in [0.15, 0.2) is 12.1 Å². The molecule has 2 saturated carbocycles. The van der Waals surface area contributed by atoms with Crippen LogP contribution in [0.4, 0.5) is 17.1 Å². The topological polar surface area (TPSA) is 131 Å². The summed E-state index contributed by atoms with van der Waals surface area (Å²) in [6.45, 7) is 0.533. The molecule has 29 heavy (non-hydrogen) atoms. The zero-order valence-corrected chi connectivity index (χ0v) is 16.7. The second-order valence-corrected chi connectivity index (χ2v) is 8.57. The molecule has 0 radical (unpaired) electrons. The van der Waals surface area contributed by atoms with Gasteiger partial charge in [-0.15, -0.1) is 0 Å². The highest BCUT2D eigenvalue weighted by Crippen LogP contribution is 2.35. The minimum atomic E-state index is -0.889. The number of hydrogen-bond donors (Lipinski definition) is 4. The lowest BCUT2D eigenvalue weighted by atomic mass is 9.84. The standard InChI is InChI=1S/C21H30N4O4/c22-13-16-11-17(23-14-20(26)7-3-1-4-8-20)12-18(19(16)25(28)29)24-15-21(27)9-5-2-6-10-21/h11-12,23-24,26-27H,1-10,14-15H2. The second-order valence-electron chi connectivity index (χ2n) is 8.57. The van der Waals surface area contributed by atoms with E-state index in [9.17, 15) is 25.6 Å². The van der Waals surface area contributed by atoms with Gasteiger partial charge in [-0.1, -0.05) is 38.5 Å². The minimum absolute atomic E-state index is 0.0474. The van der Waals surface area contributed by atoms with Gasteiger partial charge in [0.2, 0.25) is 0 Å². The first-order valence-electron chi connectivity index (χ1n) is 10.5. The molecule has 8 nitrogen and oxygen atoms in total. The molecular weight excluding hydrogens is 372 g/mol. The molecule has 2 aliphatic rings. The molecule has 0 heterocycles. The van der Waals surface area contributed by atoms with Gasteiger partial charge >= 0.3 is 5.69 Å². The molecule has 1 aromatic carbocycles. The lowest BCUT2D eigenvalue weighted by molar-refractivity contribution is -0.384. The molecule has 4 N–H and O–H groups in total.